The number of halogens is 1. The SMILES string of the molecule is Brc1ccc(C2=CCC(c3cccc4c3Cc3ccccc3-4)=C2)cc1. The van der Waals surface area contributed by atoms with Crippen molar-refractivity contribution >= 4 is 27.1 Å². The topological polar surface area (TPSA) is 0 Å². The number of rotatable bonds is 2. The van der Waals surface area contributed by atoms with Crippen molar-refractivity contribution in [1.82, 2.24) is 0 Å². The van der Waals surface area contributed by atoms with Crippen LogP contribution in [0.1, 0.15) is 28.7 Å². The molecule has 120 valence electrons. The molecule has 0 bridgehead atoms. The summed E-state index contributed by atoms with van der Waals surface area (Å²) in [5, 5.41) is 0. The molecule has 0 N–H and O–H groups in total. The quantitative estimate of drug-likeness (QED) is 0.352. The van der Waals surface area contributed by atoms with Gasteiger partial charge in [-0.1, -0.05) is 82.7 Å². The van der Waals surface area contributed by atoms with E-state index in [0.717, 1.165) is 17.3 Å². The molecule has 0 radical (unpaired) electrons. The molecule has 0 nitrogen and oxygen atoms in total. The number of fused-ring (bicyclic) bond motifs is 3. The Morgan fingerprint density at radius 3 is 2.36 bits per heavy atom. The van der Waals surface area contributed by atoms with Crippen molar-refractivity contribution in [2.75, 3.05) is 0 Å². The second-order valence-electron chi connectivity index (χ2n) is 6.71. The summed E-state index contributed by atoms with van der Waals surface area (Å²) in [5.41, 5.74) is 11.2. The molecule has 1 heteroatoms. The standard InChI is InChI=1S/C24H17Br/c25-20-12-10-16(11-13-20)17-8-9-19(14-17)22-6-3-7-23-21-5-2-1-4-18(21)15-24(22)23/h1-8,10-14H,9,15H2. The smallest absolute Gasteiger partial charge is 0.0175 e. The Morgan fingerprint density at radius 1 is 0.720 bits per heavy atom. The van der Waals surface area contributed by atoms with Crippen molar-refractivity contribution < 1.29 is 0 Å². The molecule has 0 amide bonds. The van der Waals surface area contributed by atoms with Crippen LogP contribution in [0.2, 0.25) is 0 Å². The summed E-state index contributed by atoms with van der Waals surface area (Å²) in [6.07, 6.45) is 6.77. The largest absolute Gasteiger partial charge is 0.0722 e. The van der Waals surface area contributed by atoms with Gasteiger partial charge < -0.3 is 0 Å². The fourth-order valence-electron chi connectivity index (χ4n) is 4.01. The van der Waals surface area contributed by atoms with Crippen LogP contribution in [-0.2, 0) is 6.42 Å². The van der Waals surface area contributed by atoms with E-state index < -0.39 is 0 Å². The van der Waals surface area contributed by atoms with Crippen LogP contribution < -0.4 is 0 Å². The van der Waals surface area contributed by atoms with Crippen LogP contribution in [0.15, 0.2) is 83.4 Å². The van der Waals surface area contributed by atoms with Crippen molar-refractivity contribution in [2.45, 2.75) is 12.8 Å². The van der Waals surface area contributed by atoms with Crippen molar-refractivity contribution in [3.8, 4) is 11.1 Å². The Balaban J connectivity index is 1.54. The van der Waals surface area contributed by atoms with Crippen LogP contribution in [0.5, 0.6) is 0 Å². The summed E-state index contributed by atoms with van der Waals surface area (Å²) < 4.78 is 1.12. The van der Waals surface area contributed by atoms with Crippen LogP contribution in [0, 0.1) is 0 Å². The first-order chi connectivity index (χ1) is 12.3. The van der Waals surface area contributed by atoms with Crippen LogP contribution in [0.3, 0.4) is 0 Å². The van der Waals surface area contributed by atoms with Crippen molar-refractivity contribution in [3.63, 3.8) is 0 Å². The molecule has 0 saturated heterocycles. The lowest BCUT2D eigenvalue weighted by Crippen LogP contribution is -1.90. The van der Waals surface area contributed by atoms with E-state index >= 15 is 0 Å². The van der Waals surface area contributed by atoms with Crippen molar-refractivity contribution in [1.29, 1.82) is 0 Å². The molecule has 3 aromatic rings. The highest BCUT2D eigenvalue weighted by molar-refractivity contribution is 9.10. The fraction of sp³-hybridized carbons (Fsp3) is 0.0833. The zero-order valence-corrected chi connectivity index (χ0v) is 15.4. The number of hydrogen-bond acceptors (Lipinski definition) is 0. The molecular weight excluding hydrogens is 368 g/mol. The summed E-state index contributed by atoms with van der Waals surface area (Å²) in [4.78, 5) is 0. The van der Waals surface area contributed by atoms with Crippen molar-refractivity contribution in [2.24, 2.45) is 0 Å². The molecular formula is C24H17Br. The Hall–Kier alpha value is -2.38. The zero-order valence-electron chi connectivity index (χ0n) is 13.8. The third-order valence-electron chi connectivity index (χ3n) is 5.25. The molecule has 0 spiro atoms. The van der Waals surface area contributed by atoms with Gasteiger partial charge in [0, 0.05) is 4.47 Å². The molecule has 0 unspecified atom stereocenters. The predicted molar refractivity (Wildman–Crippen MR) is 109 cm³/mol. The van der Waals surface area contributed by atoms with E-state index in [9.17, 15) is 0 Å². The highest BCUT2D eigenvalue weighted by Gasteiger charge is 2.22. The van der Waals surface area contributed by atoms with E-state index in [1.54, 1.807) is 0 Å². The van der Waals surface area contributed by atoms with Gasteiger partial charge in [-0.25, -0.2) is 0 Å². The van der Waals surface area contributed by atoms with Gasteiger partial charge in [0.2, 0.25) is 0 Å². The van der Waals surface area contributed by atoms with Gasteiger partial charge in [0.25, 0.3) is 0 Å². The van der Waals surface area contributed by atoms with E-state index in [-0.39, 0.29) is 0 Å². The maximum Gasteiger partial charge on any atom is 0.0175 e. The molecule has 0 saturated carbocycles. The molecule has 0 aromatic heterocycles. The summed E-state index contributed by atoms with van der Waals surface area (Å²) in [6.45, 7) is 0. The fourth-order valence-corrected chi connectivity index (χ4v) is 4.28. The molecule has 3 aromatic carbocycles. The lowest BCUT2D eigenvalue weighted by Gasteiger charge is -2.09. The van der Waals surface area contributed by atoms with E-state index in [1.807, 2.05) is 0 Å². The highest BCUT2D eigenvalue weighted by Crippen LogP contribution is 2.42. The van der Waals surface area contributed by atoms with Gasteiger partial charge in [-0.15, -0.1) is 0 Å². The minimum absolute atomic E-state index is 1.01. The molecule has 0 heterocycles. The van der Waals surface area contributed by atoms with E-state index in [2.05, 4.69) is 94.8 Å². The summed E-state index contributed by atoms with van der Waals surface area (Å²) in [7, 11) is 0. The highest BCUT2D eigenvalue weighted by atomic mass is 79.9. The normalized spacial score (nSPS) is 14.8. The summed E-state index contributed by atoms with van der Waals surface area (Å²) >= 11 is 3.52. The summed E-state index contributed by atoms with van der Waals surface area (Å²) in [6, 6.07) is 24.1. The van der Waals surface area contributed by atoms with E-state index in [1.165, 1.54) is 44.5 Å². The van der Waals surface area contributed by atoms with Crippen molar-refractivity contribution in [3.05, 3.63) is 106 Å². The third kappa shape index (κ3) is 2.51. The first-order valence-corrected chi connectivity index (χ1v) is 9.46. The second-order valence-corrected chi connectivity index (χ2v) is 7.62. The maximum absolute atomic E-state index is 3.52. The Morgan fingerprint density at radius 2 is 1.48 bits per heavy atom. The molecule has 0 atom stereocenters. The average molecular weight is 385 g/mol. The van der Waals surface area contributed by atoms with Crippen LogP contribution in [0.25, 0.3) is 22.3 Å². The number of allylic oxidation sites excluding steroid dienone is 4. The number of benzene rings is 3. The first-order valence-electron chi connectivity index (χ1n) is 8.67. The molecule has 0 fully saturated rings. The molecule has 5 rings (SSSR count). The van der Waals surface area contributed by atoms with Gasteiger partial charge in [0.1, 0.15) is 0 Å². The van der Waals surface area contributed by atoms with Gasteiger partial charge in [0.05, 0.1) is 0 Å². The molecule has 25 heavy (non-hydrogen) atoms. The van der Waals surface area contributed by atoms with E-state index in [4.69, 9.17) is 0 Å². The lowest BCUT2D eigenvalue weighted by atomic mass is 9.95. The second kappa shape index (κ2) is 5.86. The minimum Gasteiger partial charge on any atom is -0.0722 e. The van der Waals surface area contributed by atoms with E-state index in [0.29, 0.717) is 0 Å². The van der Waals surface area contributed by atoms with Crippen LogP contribution >= 0.6 is 15.9 Å². The summed E-state index contributed by atoms with van der Waals surface area (Å²) in [5.74, 6) is 0. The zero-order chi connectivity index (χ0) is 16.8. The first kappa shape index (κ1) is 14.9. The Kier molecular flexibility index (Phi) is 3.50. The Labute approximate surface area is 156 Å². The molecule has 0 aliphatic heterocycles. The third-order valence-corrected chi connectivity index (χ3v) is 5.77. The minimum atomic E-state index is 1.01. The van der Waals surface area contributed by atoms with Gasteiger partial charge in [-0.05, 0) is 69.5 Å². The number of hydrogen-bond donors (Lipinski definition) is 0. The Bertz CT molecular complexity index is 1040. The average Bonchev–Trinajstić information content (AvgIpc) is 3.27. The van der Waals surface area contributed by atoms with Crippen LogP contribution in [0.4, 0.5) is 0 Å². The monoisotopic (exact) mass is 384 g/mol. The van der Waals surface area contributed by atoms with Gasteiger partial charge in [-0.2, -0.15) is 0 Å². The predicted octanol–water partition coefficient (Wildman–Crippen LogP) is 6.89. The molecule has 2 aliphatic rings. The van der Waals surface area contributed by atoms with Gasteiger partial charge >= 0.3 is 0 Å². The lowest BCUT2D eigenvalue weighted by molar-refractivity contribution is 1.24. The molecule has 2 aliphatic carbocycles. The van der Waals surface area contributed by atoms with Crippen LogP contribution in [-0.4, -0.2) is 0 Å². The van der Waals surface area contributed by atoms with Gasteiger partial charge in [-0.3, -0.25) is 0 Å². The van der Waals surface area contributed by atoms with Gasteiger partial charge in [0.15, 0.2) is 0 Å². The maximum atomic E-state index is 3.52.